The average molecular weight is 409 g/mol. The molecule has 1 aliphatic carbocycles. The molecule has 28 heavy (non-hydrogen) atoms. The zero-order valence-corrected chi connectivity index (χ0v) is 17.5. The molecule has 4 rings (SSSR count). The van der Waals surface area contributed by atoms with E-state index in [4.69, 9.17) is 21.1 Å². The lowest BCUT2D eigenvalue weighted by Crippen LogP contribution is -2.46. The number of ether oxygens (including phenoxy) is 2. The number of alkyl halides is 1. The molecule has 0 amide bonds. The van der Waals surface area contributed by atoms with Gasteiger partial charge in [-0.2, -0.15) is 0 Å². The smallest absolute Gasteiger partial charge is 0.151 e. The quantitative estimate of drug-likeness (QED) is 0.733. The maximum atomic E-state index is 11.3. The second-order valence-corrected chi connectivity index (χ2v) is 8.06. The molecule has 0 bridgehead atoms. The Hall–Kier alpha value is -1.14. The summed E-state index contributed by atoms with van der Waals surface area (Å²) in [6.45, 7) is 6.16. The number of ketones is 1. The molecule has 6 heteroatoms. The third kappa shape index (κ3) is 7.03. The molecule has 156 valence electrons. The summed E-state index contributed by atoms with van der Waals surface area (Å²) in [4.78, 5) is 14.0. The molecule has 0 unspecified atom stereocenters. The maximum Gasteiger partial charge on any atom is 0.151 e. The molecule has 1 aromatic rings. The van der Waals surface area contributed by atoms with Crippen LogP contribution < -0.4 is 10.1 Å². The summed E-state index contributed by atoms with van der Waals surface area (Å²) in [6.07, 6.45) is 7.13. The minimum absolute atomic E-state index is 0.0544. The third-order valence-electron chi connectivity index (χ3n) is 5.69. The molecule has 1 aromatic carbocycles. The minimum atomic E-state index is 0.0544. The third-order valence-corrected chi connectivity index (χ3v) is 5.99. The van der Waals surface area contributed by atoms with Gasteiger partial charge in [-0.25, -0.2) is 0 Å². The fourth-order valence-corrected chi connectivity index (χ4v) is 3.87. The molecule has 3 aliphatic rings. The highest BCUT2D eigenvalue weighted by Crippen LogP contribution is 2.28. The van der Waals surface area contributed by atoms with Crippen LogP contribution in [0.3, 0.4) is 0 Å². The van der Waals surface area contributed by atoms with Crippen molar-refractivity contribution in [3.63, 3.8) is 0 Å². The van der Waals surface area contributed by atoms with Gasteiger partial charge in [0.2, 0.25) is 0 Å². The molecule has 1 N–H and O–H groups in total. The van der Waals surface area contributed by atoms with E-state index in [9.17, 15) is 4.79 Å². The first-order chi connectivity index (χ1) is 13.7. The van der Waals surface area contributed by atoms with Gasteiger partial charge in [-0.1, -0.05) is 18.6 Å². The zero-order valence-electron chi connectivity index (χ0n) is 16.7. The van der Waals surface area contributed by atoms with E-state index >= 15 is 0 Å². The van der Waals surface area contributed by atoms with E-state index in [1.165, 1.54) is 19.3 Å². The van der Waals surface area contributed by atoms with E-state index in [0.29, 0.717) is 12.5 Å². The van der Waals surface area contributed by atoms with Crippen LogP contribution in [0.2, 0.25) is 0 Å². The summed E-state index contributed by atoms with van der Waals surface area (Å²) in [5.41, 5.74) is 0.998. The fourth-order valence-electron chi connectivity index (χ4n) is 3.78. The SMILES string of the molecule is C1COCCN1.O=C(CCl)Cc1ccc(OC2CCN(C3CCC3)CC2)cc1. The van der Waals surface area contributed by atoms with Crippen LogP contribution in [0.25, 0.3) is 0 Å². The Balaban J connectivity index is 0.000000320. The molecule has 2 heterocycles. The predicted molar refractivity (Wildman–Crippen MR) is 112 cm³/mol. The number of carbonyl (C=O) groups excluding carboxylic acids is 1. The van der Waals surface area contributed by atoms with Crippen molar-refractivity contribution in [1.29, 1.82) is 0 Å². The second kappa shape index (κ2) is 11.8. The van der Waals surface area contributed by atoms with Crippen LogP contribution in [0.15, 0.2) is 24.3 Å². The Morgan fingerprint density at radius 1 is 1.11 bits per heavy atom. The van der Waals surface area contributed by atoms with Crippen molar-refractivity contribution >= 4 is 17.4 Å². The first kappa shape index (κ1) is 21.6. The van der Waals surface area contributed by atoms with E-state index in [2.05, 4.69) is 10.2 Å². The number of morpholine rings is 1. The molecule has 1 saturated carbocycles. The normalized spacial score (nSPS) is 21.3. The number of hydrogen-bond acceptors (Lipinski definition) is 5. The van der Waals surface area contributed by atoms with Crippen LogP contribution in [0.5, 0.6) is 5.75 Å². The molecule has 0 spiro atoms. The van der Waals surface area contributed by atoms with Crippen LogP contribution in [-0.2, 0) is 16.0 Å². The van der Waals surface area contributed by atoms with Crippen LogP contribution in [-0.4, -0.2) is 68.1 Å². The summed E-state index contributed by atoms with van der Waals surface area (Å²) in [5, 5.41) is 3.16. The van der Waals surface area contributed by atoms with Gasteiger partial charge < -0.3 is 19.7 Å². The Labute approximate surface area is 173 Å². The molecule has 3 fully saturated rings. The predicted octanol–water partition coefficient (Wildman–Crippen LogP) is 3.04. The van der Waals surface area contributed by atoms with Gasteiger partial charge in [0.25, 0.3) is 0 Å². The number of likely N-dealkylation sites (tertiary alicyclic amines) is 1. The number of rotatable bonds is 6. The Morgan fingerprint density at radius 3 is 2.25 bits per heavy atom. The van der Waals surface area contributed by atoms with Crippen molar-refractivity contribution in [2.75, 3.05) is 45.3 Å². The number of benzene rings is 1. The van der Waals surface area contributed by atoms with Crippen molar-refractivity contribution in [3.05, 3.63) is 29.8 Å². The maximum absolute atomic E-state index is 11.3. The summed E-state index contributed by atoms with van der Waals surface area (Å²) in [6, 6.07) is 8.70. The van der Waals surface area contributed by atoms with Gasteiger partial charge in [0, 0.05) is 38.6 Å². The molecular weight excluding hydrogens is 376 g/mol. The monoisotopic (exact) mass is 408 g/mol. The van der Waals surface area contributed by atoms with Gasteiger partial charge in [-0.3, -0.25) is 4.79 Å². The van der Waals surface area contributed by atoms with Gasteiger partial charge >= 0.3 is 0 Å². The minimum Gasteiger partial charge on any atom is -0.490 e. The van der Waals surface area contributed by atoms with E-state index in [0.717, 1.165) is 69.6 Å². The van der Waals surface area contributed by atoms with Crippen LogP contribution in [0.1, 0.15) is 37.7 Å². The van der Waals surface area contributed by atoms with Crippen molar-refractivity contribution < 1.29 is 14.3 Å². The van der Waals surface area contributed by atoms with Crippen molar-refractivity contribution in [1.82, 2.24) is 10.2 Å². The number of Topliss-reactive ketones (excluding diaryl/α,β-unsaturated/α-hetero) is 1. The number of nitrogens with one attached hydrogen (secondary N) is 1. The van der Waals surface area contributed by atoms with Gasteiger partial charge in [-0.15, -0.1) is 11.6 Å². The molecule has 5 nitrogen and oxygen atoms in total. The lowest BCUT2D eigenvalue weighted by molar-refractivity contribution is -0.116. The molecule has 0 radical (unpaired) electrons. The highest BCUT2D eigenvalue weighted by Gasteiger charge is 2.29. The summed E-state index contributed by atoms with van der Waals surface area (Å²) >= 11 is 5.53. The molecule has 0 atom stereocenters. The van der Waals surface area contributed by atoms with Crippen LogP contribution >= 0.6 is 11.6 Å². The van der Waals surface area contributed by atoms with Crippen molar-refractivity contribution in [3.8, 4) is 5.75 Å². The first-order valence-corrected chi connectivity index (χ1v) is 11.1. The Kier molecular flexibility index (Phi) is 9.06. The largest absolute Gasteiger partial charge is 0.490 e. The molecule has 2 aliphatic heterocycles. The van der Waals surface area contributed by atoms with Crippen LogP contribution in [0, 0.1) is 0 Å². The van der Waals surface area contributed by atoms with E-state index in [-0.39, 0.29) is 11.7 Å². The summed E-state index contributed by atoms with van der Waals surface area (Å²) in [7, 11) is 0. The molecule has 0 aromatic heterocycles. The Bertz CT molecular complexity index is 568. The summed E-state index contributed by atoms with van der Waals surface area (Å²) in [5.74, 6) is 1.04. The van der Waals surface area contributed by atoms with Gasteiger partial charge in [0.1, 0.15) is 11.9 Å². The standard InChI is InChI=1S/C18H24ClNO2.C4H9NO/c19-13-16(21)12-14-4-6-17(7-5-14)22-18-8-10-20(11-9-18)15-2-1-3-15;1-3-6-4-2-5-1/h4-7,15,18H,1-3,8-13H2;5H,1-4H2. The Morgan fingerprint density at radius 2 is 1.79 bits per heavy atom. The number of carbonyl (C=O) groups is 1. The fraction of sp³-hybridized carbons (Fsp3) is 0.682. The second-order valence-electron chi connectivity index (χ2n) is 7.79. The topological polar surface area (TPSA) is 50.8 Å². The van der Waals surface area contributed by atoms with E-state index in [1.807, 2.05) is 24.3 Å². The van der Waals surface area contributed by atoms with Crippen molar-refractivity contribution in [2.24, 2.45) is 0 Å². The first-order valence-electron chi connectivity index (χ1n) is 10.6. The number of piperidine rings is 1. The highest BCUT2D eigenvalue weighted by molar-refractivity contribution is 6.27. The number of hydrogen-bond donors (Lipinski definition) is 1. The van der Waals surface area contributed by atoms with Crippen molar-refractivity contribution in [2.45, 2.75) is 50.7 Å². The highest BCUT2D eigenvalue weighted by atomic mass is 35.5. The van der Waals surface area contributed by atoms with Gasteiger partial charge in [-0.05, 0) is 43.4 Å². The zero-order chi connectivity index (χ0) is 19.6. The number of halogens is 1. The average Bonchev–Trinajstić information content (AvgIpc) is 2.71. The number of nitrogens with zero attached hydrogens (tertiary/aromatic N) is 1. The van der Waals surface area contributed by atoms with E-state index in [1.54, 1.807) is 0 Å². The van der Waals surface area contributed by atoms with Crippen LogP contribution in [0.4, 0.5) is 0 Å². The lowest BCUT2D eigenvalue weighted by Gasteiger charge is -2.41. The van der Waals surface area contributed by atoms with E-state index < -0.39 is 0 Å². The lowest BCUT2D eigenvalue weighted by atomic mass is 9.90. The molecular formula is C22H33ClN2O3. The van der Waals surface area contributed by atoms with Gasteiger partial charge in [0.15, 0.2) is 5.78 Å². The van der Waals surface area contributed by atoms with Gasteiger partial charge in [0.05, 0.1) is 19.1 Å². The molecule has 2 saturated heterocycles. The summed E-state index contributed by atoms with van der Waals surface area (Å²) < 4.78 is 11.1.